The Hall–Kier alpha value is -2.81. The molecule has 0 aliphatic heterocycles. The van der Waals surface area contributed by atoms with Crippen LogP contribution in [0.25, 0.3) is 0 Å². The van der Waals surface area contributed by atoms with Crippen LogP contribution in [0.5, 0.6) is 0 Å². The number of nitrogens with zero attached hydrogens (tertiary/aromatic N) is 1. The average Bonchev–Trinajstić information content (AvgIpc) is 3.52. The SMILES string of the molecule is CC/C=C\C/C=C\C/C=C\C/C=C\C/C=C\C/C=C\CCCCCCCCC(=O)OC(/C=C/CCCCCCCCCCCC)C(COP(=O)(O)OCC[N+](C)(C)C)NC(=O)CCCCCCCCCCCCCCCCCCCCCCCCCCC. The van der Waals surface area contributed by atoms with Gasteiger partial charge < -0.3 is 19.4 Å². The molecule has 0 aliphatic carbocycles. The van der Waals surface area contributed by atoms with Gasteiger partial charge in [-0.1, -0.05) is 337 Å². The zero-order valence-corrected chi connectivity index (χ0v) is 59.6. The molecule has 88 heavy (non-hydrogen) atoms. The number of hydrogen-bond donors (Lipinski definition) is 2. The number of phosphoric ester groups is 1. The lowest BCUT2D eigenvalue weighted by molar-refractivity contribution is -0.870. The number of likely N-dealkylation sites (N-methyl/N-ethyl adjacent to an activating group) is 1. The van der Waals surface area contributed by atoms with E-state index in [1.165, 1.54) is 193 Å². The molecular weight excluding hydrogens is 1110 g/mol. The lowest BCUT2D eigenvalue weighted by atomic mass is 10.0. The Morgan fingerprint density at radius 3 is 1.09 bits per heavy atom. The second-order valence-electron chi connectivity index (χ2n) is 26.4. The van der Waals surface area contributed by atoms with Crippen molar-refractivity contribution in [2.24, 2.45) is 0 Å². The van der Waals surface area contributed by atoms with Crippen LogP contribution < -0.4 is 5.32 Å². The molecule has 0 aromatic carbocycles. The first-order valence-electron chi connectivity index (χ1n) is 37.4. The number of unbranched alkanes of at least 4 members (excludes halogenated alkanes) is 40. The number of carbonyl (C=O) groups is 2. The molecule has 0 aromatic rings. The number of amides is 1. The third-order valence-electron chi connectivity index (χ3n) is 16.6. The molecule has 512 valence electrons. The molecule has 0 saturated heterocycles. The lowest BCUT2D eigenvalue weighted by Gasteiger charge is -2.27. The summed E-state index contributed by atoms with van der Waals surface area (Å²) in [6.45, 7) is 6.93. The zero-order chi connectivity index (χ0) is 64.2. The highest BCUT2D eigenvalue weighted by atomic mass is 31.2. The Bertz CT molecular complexity index is 1780. The summed E-state index contributed by atoms with van der Waals surface area (Å²) in [6.07, 6.45) is 90.3. The van der Waals surface area contributed by atoms with Gasteiger partial charge in [0.15, 0.2) is 0 Å². The lowest BCUT2D eigenvalue weighted by Crippen LogP contribution is -2.47. The van der Waals surface area contributed by atoms with E-state index in [0.717, 1.165) is 122 Å². The molecular formula is C78H144N2O7P+. The molecule has 0 fully saturated rings. The summed E-state index contributed by atoms with van der Waals surface area (Å²) in [5.41, 5.74) is 0. The van der Waals surface area contributed by atoms with Crippen molar-refractivity contribution in [2.75, 3.05) is 40.9 Å². The first-order chi connectivity index (χ1) is 42.9. The first-order valence-corrected chi connectivity index (χ1v) is 38.9. The summed E-state index contributed by atoms with van der Waals surface area (Å²) in [7, 11) is 1.49. The van der Waals surface area contributed by atoms with E-state index in [9.17, 15) is 19.0 Å². The fourth-order valence-corrected chi connectivity index (χ4v) is 11.6. The molecule has 1 amide bonds. The molecule has 0 heterocycles. The van der Waals surface area contributed by atoms with Gasteiger partial charge in [-0.2, -0.15) is 0 Å². The van der Waals surface area contributed by atoms with Crippen molar-refractivity contribution >= 4 is 19.7 Å². The molecule has 0 rings (SSSR count). The Morgan fingerprint density at radius 1 is 0.409 bits per heavy atom. The molecule has 0 aliphatic rings. The summed E-state index contributed by atoms with van der Waals surface area (Å²) >= 11 is 0. The molecule has 0 spiro atoms. The normalized spacial score (nSPS) is 13.9. The number of quaternary nitrogens is 1. The van der Waals surface area contributed by atoms with Gasteiger partial charge >= 0.3 is 13.8 Å². The number of phosphoric acid groups is 1. The van der Waals surface area contributed by atoms with Crippen molar-refractivity contribution in [3.8, 4) is 0 Å². The number of esters is 1. The van der Waals surface area contributed by atoms with Crippen molar-refractivity contribution < 1.29 is 37.3 Å². The van der Waals surface area contributed by atoms with Gasteiger partial charge in [0.05, 0.1) is 33.8 Å². The summed E-state index contributed by atoms with van der Waals surface area (Å²) in [4.78, 5) is 38.0. The second-order valence-corrected chi connectivity index (χ2v) is 27.9. The van der Waals surface area contributed by atoms with Crippen LogP contribution in [-0.2, 0) is 27.9 Å². The maximum Gasteiger partial charge on any atom is 0.472 e. The summed E-state index contributed by atoms with van der Waals surface area (Å²) < 4.78 is 30.9. The van der Waals surface area contributed by atoms with Gasteiger partial charge in [0.1, 0.15) is 19.3 Å². The minimum Gasteiger partial charge on any atom is -0.456 e. The number of nitrogens with one attached hydrogen (secondary N) is 1. The van der Waals surface area contributed by atoms with E-state index in [2.05, 4.69) is 99.0 Å². The standard InChI is InChI=1S/C78H143N2O7P/c1-7-10-13-16-19-22-25-28-30-32-34-36-38-40-42-44-46-48-50-52-55-58-61-64-67-70-77(81)79-75(74-86-88(83,84)85-73-72-80(4,5)6)76(69-66-63-60-57-54-27-24-21-18-15-12-9-3)87-78(82)71-68-65-62-59-56-53-51-49-47-45-43-41-39-37-35-33-31-29-26-23-20-17-14-11-8-2/h11,14,20,23,29,31,35,37,41,43,47,49,66,69,75-76H,7-10,12-13,15-19,21-22,24-28,30,32-34,36,38-40,42,44-46,48,50-65,67-68,70-74H2,1-6H3,(H-,79,81,83,84)/p+1/b14-11-,23-20-,31-29-,37-35-,43-41-,49-47-,69-66+. The molecule has 0 bridgehead atoms. The molecule has 9 nitrogen and oxygen atoms in total. The monoisotopic (exact) mass is 1250 g/mol. The molecule has 3 atom stereocenters. The van der Waals surface area contributed by atoms with E-state index in [1.807, 2.05) is 33.3 Å². The number of allylic oxidation sites excluding steroid dienone is 13. The van der Waals surface area contributed by atoms with E-state index in [-0.39, 0.29) is 31.5 Å². The molecule has 3 unspecified atom stereocenters. The number of carbonyl (C=O) groups excluding carboxylic acids is 2. The van der Waals surface area contributed by atoms with E-state index in [0.29, 0.717) is 17.4 Å². The summed E-state index contributed by atoms with van der Waals surface area (Å²) in [5.74, 6) is -0.511. The van der Waals surface area contributed by atoms with Gasteiger partial charge in [-0.25, -0.2) is 4.57 Å². The van der Waals surface area contributed by atoms with Gasteiger partial charge in [0, 0.05) is 12.8 Å². The summed E-state index contributed by atoms with van der Waals surface area (Å²) in [5, 5.41) is 3.07. The van der Waals surface area contributed by atoms with E-state index < -0.39 is 20.0 Å². The average molecular weight is 1250 g/mol. The maximum absolute atomic E-state index is 13.6. The van der Waals surface area contributed by atoms with Crippen LogP contribution in [0.2, 0.25) is 0 Å². The quantitative estimate of drug-likeness (QED) is 0.0205. The van der Waals surface area contributed by atoms with Crippen molar-refractivity contribution in [1.82, 2.24) is 5.32 Å². The number of ether oxygens (including phenoxy) is 1. The third kappa shape index (κ3) is 67.6. The van der Waals surface area contributed by atoms with Crippen LogP contribution in [0.3, 0.4) is 0 Å². The molecule has 0 saturated carbocycles. The highest BCUT2D eigenvalue weighted by molar-refractivity contribution is 7.47. The predicted octanol–water partition coefficient (Wildman–Crippen LogP) is 24.1. The van der Waals surface area contributed by atoms with Crippen LogP contribution in [0.1, 0.15) is 348 Å². The first kappa shape index (κ1) is 85.2. The van der Waals surface area contributed by atoms with Crippen LogP contribution in [0.15, 0.2) is 85.1 Å². The van der Waals surface area contributed by atoms with E-state index >= 15 is 0 Å². The number of rotatable bonds is 68. The predicted molar refractivity (Wildman–Crippen MR) is 383 cm³/mol. The van der Waals surface area contributed by atoms with Gasteiger partial charge in [0.25, 0.3) is 0 Å². The molecule has 0 radical (unpaired) electrons. The highest BCUT2D eigenvalue weighted by Crippen LogP contribution is 2.43. The highest BCUT2D eigenvalue weighted by Gasteiger charge is 2.30. The number of hydrogen-bond acceptors (Lipinski definition) is 6. The van der Waals surface area contributed by atoms with Crippen molar-refractivity contribution in [3.05, 3.63) is 85.1 Å². The molecule has 10 heteroatoms. The van der Waals surface area contributed by atoms with E-state index in [4.69, 9.17) is 13.8 Å². The molecule has 2 N–H and O–H groups in total. The van der Waals surface area contributed by atoms with Crippen LogP contribution in [0.4, 0.5) is 0 Å². The Kier molecular flexibility index (Phi) is 64.9. The van der Waals surface area contributed by atoms with Crippen LogP contribution in [-0.4, -0.2) is 74.3 Å². The largest absolute Gasteiger partial charge is 0.472 e. The van der Waals surface area contributed by atoms with Crippen LogP contribution in [0, 0.1) is 0 Å². The smallest absolute Gasteiger partial charge is 0.456 e. The minimum absolute atomic E-state index is 0.0363. The third-order valence-corrected chi connectivity index (χ3v) is 17.6. The summed E-state index contributed by atoms with van der Waals surface area (Å²) in [6, 6.07) is -0.858. The topological polar surface area (TPSA) is 111 Å². The van der Waals surface area contributed by atoms with Crippen molar-refractivity contribution in [3.63, 3.8) is 0 Å². The Labute approximate surface area is 546 Å². The fraction of sp³-hybridized carbons (Fsp3) is 0.795. The Balaban J connectivity index is 5.03. The van der Waals surface area contributed by atoms with Gasteiger partial charge in [-0.05, 0) is 83.1 Å². The second kappa shape index (κ2) is 67.1. The van der Waals surface area contributed by atoms with Gasteiger partial charge in [-0.3, -0.25) is 18.6 Å². The zero-order valence-electron chi connectivity index (χ0n) is 58.7. The van der Waals surface area contributed by atoms with Crippen LogP contribution >= 0.6 is 7.82 Å². The fourth-order valence-electron chi connectivity index (χ4n) is 10.9. The van der Waals surface area contributed by atoms with Crippen molar-refractivity contribution in [1.29, 1.82) is 0 Å². The van der Waals surface area contributed by atoms with Crippen molar-refractivity contribution in [2.45, 2.75) is 360 Å². The minimum atomic E-state index is -4.46. The van der Waals surface area contributed by atoms with E-state index in [1.54, 1.807) is 0 Å². The van der Waals surface area contributed by atoms with Gasteiger partial charge in [-0.15, -0.1) is 0 Å². The Morgan fingerprint density at radius 2 is 0.727 bits per heavy atom. The molecule has 0 aromatic heterocycles. The van der Waals surface area contributed by atoms with Gasteiger partial charge in [0.2, 0.25) is 5.91 Å². The maximum atomic E-state index is 13.6.